The smallest absolute Gasteiger partial charge is 0.242 e. The number of carbonyl (C=O) groups excluding carboxylic acids is 1. The summed E-state index contributed by atoms with van der Waals surface area (Å²) in [6.45, 7) is 7.52. The highest BCUT2D eigenvalue weighted by Gasteiger charge is 2.14. The Hall–Kier alpha value is -2.12. The first-order valence-electron chi connectivity index (χ1n) is 10.6. The summed E-state index contributed by atoms with van der Waals surface area (Å²) >= 11 is 0. The third-order valence-corrected chi connectivity index (χ3v) is 5.03. The molecule has 1 amide bonds. The Morgan fingerprint density at radius 1 is 1.24 bits per heavy atom. The first kappa shape index (κ1) is 23.2. The van der Waals surface area contributed by atoms with E-state index >= 15 is 0 Å². The van der Waals surface area contributed by atoms with Crippen LogP contribution in [0.3, 0.4) is 0 Å². The molecule has 7 nitrogen and oxygen atoms in total. The number of rotatable bonds is 11. The number of carbonyl (C=O) groups is 1. The molecular weight excluding hydrogens is 368 g/mol. The van der Waals surface area contributed by atoms with Crippen LogP contribution in [-0.2, 0) is 20.8 Å². The number of amides is 1. The van der Waals surface area contributed by atoms with Crippen molar-refractivity contribution >= 4 is 11.9 Å². The molecule has 29 heavy (non-hydrogen) atoms. The Morgan fingerprint density at radius 2 is 2.00 bits per heavy atom. The van der Waals surface area contributed by atoms with Crippen molar-refractivity contribution < 1.29 is 14.3 Å². The van der Waals surface area contributed by atoms with Crippen LogP contribution in [0.5, 0.6) is 0 Å². The molecule has 0 aromatic heterocycles. The van der Waals surface area contributed by atoms with Gasteiger partial charge in [-0.3, -0.25) is 9.79 Å². The Labute approximate surface area is 174 Å². The van der Waals surface area contributed by atoms with Crippen LogP contribution in [0.15, 0.2) is 35.3 Å². The highest BCUT2D eigenvalue weighted by Crippen LogP contribution is 2.14. The minimum Gasteiger partial charge on any atom is -0.381 e. The van der Waals surface area contributed by atoms with E-state index in [1.165, 1.54) is 0 Å². The largest absolute Gasteiger partial charge is 0.381 e. The number of likely N-dealkylation sites (N-methyl/N-ethyl adjacent to an activating group) is 1. The molecule has 1 aromatic carbocycles. The van der Waals surface area contributed by atoms with Crippen molar-refractivity contribution in [3.8, 4) is 0 Å². The van der Waals surface area contributed by atoms with Crippen LogP contribution in [0.25, 0.3) is 0 Å². The van der Waals surface area contributed by atoms with Crippen molar-refractivity contribution in [3.05, 3.63) is 35.9 Å². The monoisotopic (exact) mass is 404 g/mol. The normalized spacial score (nSPS) is 15.2. The third kappa shape index (κ3) is 9.28. The SMILES string of the molecule is CCN(Cc1ccccc1)C(=O)CNC(=NC)NCCCOCC1CCOCC1. The maximum atomic E-state index is 12.5. The molecule has 0 saturated carbocycles. The Kier molecular flexibility index (Phi) is 11.1. The fourth-order valence-electron chi connectivity index (χ4n) is 3.22. The van der Waals surface area contributed by atoms with E-state index in [0.717, 1.165) is 57.8 Å². The third-order valence-electron chi connectivity index (χ3n) is 5.03. The van der Waals surface area contributed by atoms with Gasteiger partial charge in [0.15, 0.2) is 5.96 Å². The van der Waals surface area contributed by atoms with Gasteiger partial charge in [-0.2, -0.15) is 0 Å². The van der Waals surface area contributed by atoms with Crippen molar-refractivity contribution in [1.82, 2.24) is 15.5 Å². The van der Waals surface area contributed by atoms with E-state index in [1.807, 2.05) is 42.2 Å². The van der Waals surface area contributed by atoms with E-state index < -0.39 is 0 Å². The van der Waals surface area contributed by atoms with Crippen LogP contribution in [0.2, 0.25) is 0 Å². The molecule has 0 radical (unpaired) electrons. The molecule has 1 saturated heterocycles. The fourth-order valence-corrected chi connectivity index (χ4v) is 3.22. The highest BCUT2D eigenvalue weighted by molar-refractivity contribution is 5.86. The topological polar surface area (TPSA) is 75.2 Å². The lowest BCUT2D eigenvalue weighted by Crippen LogP contribution is -2.44. The minimum absolute atomic E-state index is 0.0547. The van der Waals surface area contributed by atoms with E-state index in [0.29, 0.717) is 25.0 Å². The van der Waals surface area contributed by atoms with Gasteiger partial charge in [-0.05, 0) is 37.7 Å². The summed E-state index contributed by atoms with van der Waals surface area (Å²) in [5.74, 6) is 1.33. The van der Waals surface area contributed by atoms with Gasteiger partial charge in [0.05, 0.1) is 6.54 Å². The summed E-state index contributed by atoms with van der Waals surface area (Å²) in [7, 11) is 1.71. The summed E-state index contributed by atoms with van der Waals surface area (Å²) in [5, 5.41) is 6.34. The first-order valence-corrected chi connectivity index (χ1v) is 10.6. The van der Waals surface area contributed by atoms with E-state index in [9.17, 15) is 4.79 Å². The molecule has 1 aliphatic heterocycles. The molecule has 1 aromatic rings. The molecule has 0 aliphatic carbocycles. The molecular formula is C22H36N4O3. The van der Waals surface area contributed by atoms with Crippen LogP contribution < -0.4 is 10.6 Å². The van der Waals surface area contributed by atoms with Crippen molar-refractivity contribution in [2.24, 2.45) is 10.9 Å². The standard InChI is InChI=1S/C22H36N4O3/c1-3-26(17-19-8-5-4-6-9-19)21(27)16-25-22(23-2)24-12-7-13-29-18-20-10-14-28-15-11-20/h4-6,8-9,20H,3,7,10-18H2,1-2H3,(H2,23,24,25). The predicted molar refractivity (Wildman–Crippen MR) is 116 cm³/mol. The average molecular weight is 405 g/mol. The number of hydrogen-bond donors (Lipinski definition) is 2. The second kappa shape index (κ2) is 14.0. The molecule has 7 heteroatoms. The van der Waals surface area contributed by atoms with Gasteiger partial charge in [-0.15, -0.1) is 0 Å². The Bertz CT molecular complexity index is 603. The molecule has 162 valence electrons. The molecule has 0 spiro atoms. The van der Waals surface area contributed by atoms with E-state index in [4.69, 9.17) is 9.47 Å². The molecule has 0 atom stereocenters. The molecule has 0 bridgehead atoms. The lowest BCUT2D eigenvalue weighted by atomic mass is 10.0. The maximum Gasteiger partial charge on any atom is 0.242 e. The van der Waals surface area contributed by atoms with Crippen molar-refractivity contribution in [2.75, 3.05) is 53.1 Å². The fraction of sp³-hybridized carbons (Fsp3) is 0.636. The summed E-state index contributed by atoms with van der Waals surface area (Å²) in [6, 6.07) is 10.0. The molecule has 2 N–H and O–H groups in total. The average Bonchev–Trinajstić information content (AvgIpc) is 2.77. The van der Waals surface area contributed by atoms with Crippen LogP contribution in [0.4, 0.5) is 0 Å². The van der Waals surface area contributed by atoms with Gasteiger partial charge in [-0.1, -0.05) is 30.3 Å². The van der Waals surface area contributed by atoms with Gasteiger partial charge in [0, 0.05) is 53.1 Å². The zero-order chi connectivity index (χ0) is 20.7. The Morgan fingerprint density at radius 3 is 2.69 bits per heavy atom. The zero-order valence-electron chi connectivity index (χ0n) is 17.9. The first-order chi connectivity index (χ1) is 14.2. The summed E-state index contributed by atoms with van der Waals surface area (Å²) in [5.41, 5.74) is 1.13. The number of nitrogens with one attached hydrogen (secondary N) is 2. The van der Waals surface area contributed by atoms with Gasteiger partial charge in [-0.25, -0.2) is 0 Å². The maximum absolute atomic E-state index is 12.5. The molecule has 1 fully saturated rings. The number of guanidine groups is 1. The van der Waals surface area contributed by atoms with E-state index in [2.05, 4.69) is 15.6 Å². The number of benzene rings is 1. The van der Waals surface area contributed by atoms with Crippen LogP contribution in [-0.4, -0.2) is 69.9 Å². The summed E-state index contributed by atoms with van der Waals surface area (Å²) in [4.78, 5) is 18.5. The number of aliphatic imine (C=N–C) groups is 1. The second-order valence-electron chi connectivity index (χ2n) is 7.23. The van der Waals surface area contributed by atoms with Gasteiger partial charge < -0.3 is 25.0 Å². The Balaban J connectivity index is 1.58. The molecule has 1 aliphatic rings. The lowest BCUT2D eigenvalue weighted by molar-refractivity contribution is -0.130. The summed E-state index contributed by atoms with van der Waals surface area (Å²) < 4.78 is 11.1. The quantitative estimate of drug-likeness (QED) is 0.335. The highest BCUT2D eigenvalue weighted by atomic mass is 16.5. The van der Waals surface area contributed by atoms with Crippen molar-refractivity contribution in [3.63, 3.8) is 0 Å². The number of hydrogen-bond acceptors (Lipinski definition) is 4. The van der Waals surface area contributed by atoms with Crippen LogP contribution >= 0.6 is 0 Å². The number of nitrogens with zero attached hydrogens (tertiary/aromatic N) is 2. The van der Waals surface area contributed by atoms with Gasteiger partial charge >= 0.3 is 0 Å². The van der Waals surface area contributed by atoms with Crippen molar-refractivity contribution in [2.45, 2.75) is 32.7 Å². The van der Waals surface area contributed by atoms with Crippen LogP contribution in [0, 0.1) is 5.92 Å². The lowest BCUT2D eigenvalue weighted by Gasteiger charge is -2.22. The van der Waals surface area contributed by atoms with E-state index in [-0.39, 0.29) is 12.5 Å². The second-order valence-corrected chi connectivity index (χ2v) is 7.23. The summed E-state index contributed by atoms with van der Waals surface area (Å²) in [6.07, 6.45) is 3.09. The molecule has 1 heterocycles. The van der Waals surface area contributed by atoms with Gasteiger partial charge in [0.2, 0.25) is 5.91 Å². The van der Waals surface area contributed by atoms with Gasteiger partial charge in [0.1, 0.15) is 0 Å². The number of ether oxygens (including phenoxy) is 2. The zero-order valence-corrected chi connectivity index (χ0v) is 17.9. The van der Waals surface area contributed by atoms with Gasteiger partial charge in [0.25, 0.3) is 0 Å². The molecule has 0 unspecified atom stereocenters. The van der Waals surface area contributed by atoms with Crippen molar-refractivity contribution in [1.29, 1.82) is 0 Å². The minimum atomic E-state index is 0.0547. The van der Waals surface area contributed by atoms with E-state index in [1.54, 1.807) is 7.05 Å². The predicted octanol–water partition coefficient (Wildman–Crippen LogP) is 2.03. The molecule has 2 rings (SSSR count). The van der Waals surface area contributed by atoms with Crippen LogP contribution in [0.1, 0.15) is 31.7 Å².